The third kappa shape index (κ3) is 5.77. The fraction of sp³-hybridized carbons (Fsp3) is 0.444. The van der Waals surface area contributed by atoms with Gasteiger partial charge in [0.2, 0.25) is 5.91 Å². The lowest BCUT2D eigenvalue weighted by Gasteiger charge is -2.31. The molecule has 4 aromatic rings. The Hall–Kier alpha value is -4.00. The van der Waals surface area contributed by atoms with Crippen LogP contribution in [-0.2, 0) is 4.79 Å². The molecule has 0 saturated carbocycles. The molecule has 2 aromatic heterocycles. The van der Waals surface area contributed by atoms with Gasteiger partial charge in [-0.15, -0.1) is 0 Å². The molecule has 8 rings (SSSR count). The Bertz CT molecular complexity index is 1960. The number of halogens is 4. The summed E-state index contributed by atoms with van der Waals surface area (Å²) in [5.74, 6) is -0.745. The van der Waals surface area contributed by atoms with Gasteiger partial charge in [0.05, 0.1) is 23.5 Å². The van der Waals surface area contributed by atoms with Crippen molar-refractivity contribution >= 4 is 45.0 Å². The van der Waals surface area contributed by atoms with Crippen LogP contribution >= 0.6 is 11.6 Å². The largest absolute Gasteiger partial charge is 0.461 e. The monoisotopic (exact) mass is 691 g/mol. The van der Waals surface area contributed by atoms with Gasteiger partial charge in [-0.1, -0.05) is 48.0 Å². The highest BCUT2D eigenvalue weighted by molar-refractivity contribution is 6.36. The van der Waals surface area contributed by atoms with Crippen LogP contribution in [0.1, 0.15) is 25.7 Å². The summed E-state index contributed by atoms with van der Waals surface area (Å²) in [4.78, 5) is 31.9. The number of hydrogen-bond donors (Lipinski definition) is 1. The maximum Gasteiger partial charge on any atom is 0.319 e. The molecule has 5 atom stereocenters. The minimum absolute atomic E-state index is 0.0475. The van der Waals surface area contributed by atoms with Crippen molar-refractivity contribution in [1.82, 2.24) is 30.1 Å². The Labute approximate surface area is 287 Å². The first-order chi connectivity index (χ1) is 23.7. The van der Waals surface area contributed by atoms with Crippen molar-refractivity contribution in [3.8, 4) is 17.3 Å². The van der Waals surface area contributed by atoms with Crippen LogP contribution in [0.2, 0.25) is 5.02 Å². The van der Waals surface area contributed by atoms with E-state index in [-0.39, 0.29) is 60.1 Å². The van der Waals surface area contributed by atoms with Gasteiger partial charge in [-0.05, 0) is 43.8 Å². The van der Waals surface area contributed by atoms with Crippen LogP contribution in [0, 0.1) is 5.82 Å². The number of carbonyl (C=O) groups is 1. The fourth-order valence-electron chi connectivity index (χ4n) is 7.91. The van der Waals surface area contributed by atoms with Crippen LogP contribution in [-0.4, -0.2) is 107 Å². The van der Waals surface area contributed by atoms with Crippen LogP contribution in [0.4, 0.5) is 19.0 Å². The lowest BCUT2D eigenvalue weighted by atomic mass is 9.95. The van der Waals surface area contributed by atoms with Gasteiger partial charge in [-0.25, -0.2) is 13.2 Å². The second kappa shape index (κ2) is 12.7. The van der Waals surface area contributed by atoms with E-state index in [1.807, 2.05) is 30.3 Å². The Balaban J connectivity index is 1.17. The van der Waals surface area contributed by atoms with E-state index in [0.717, 1.165) is 37.7 Å². The van der Waals surface area contributed by atoms with E-state index < -0.39 is 29.7 Å². The highest BCUT2D eigenvalue weighted by atomic mass is 35.5. The number of amides is 1. The highest BCUT2D eigenvalue weighted by Crippen LogP contribution is 2.41. The molecule has 256 valence electrons. The number of likely N-dealkylation sites (N-methyl/N-ethyl adjacent to an activating group) is 1. The number of aromatic nitrogens is 3. The molecule has 0 aliphatic carbocycles. The molecule has 1 amide bonds. The Morgan fingerprint density at radius 1 is 1.18 bits per heavy atom. The maximum atomic E-state index is 16.8. The molecule has 13 heteroatoms. The first kappa shape index (κ1) is 32.2. The number of nitrogens with zero attached hydrogens (tertiary/aromatic N) is 6. The first-order valence-electron chi connectivity index (χ1n) is 16.8. The third-order valence-electron chi connectivity index (χ3n) is 10.7. The van der Waals surface area contributed by atoms with Crippen molar-refractivity contribution in [3.05, 3.63) is 65.6 Å². The minimum Gasteiger partial charge on any atom is -0.461 e. The molecule has 6 heterocycles. The van der Waals surface area contributed by atoms with Gasteiger partial charge in [0.1, 0.15) is 36.0 Å². The molecule has 9 nitrogen and oxygen atoms in total. The molecule has 49 heavy (non-hydrogen) atoms. The molecule has 4 saturated heterocycles. The number of anilines is 1. The van der Waals surface area contributed by atoms with Crippen molar-refractivity contribution in [2.75, 3.05) is 51.3 Å². The molecule has 0 unspecified atom stereocenters. The van der Waals surface area contributed by atoms with Crippen molar-refractivity contribution in [1.29, 1.82) is 0 Å². The number of alkyl halides is 2. The summed E-state index contributed by atoms with van der Waals surface area (Å²) in [6, 6.07) is 10.2. The summed E-state index contributed by atoms with van der Waals surface area (Å²) >= 11 is 6.59. The van der Waals surface area contributed by atoms with Gasteiger partial charge in [0.15, 0.2) is 5.82 Å². The zero-order chi connectivity index (χ0) is 33.9. The number of likely N-dealkylation sites (tertiary alicyclic amines) is 1. The summed E-state index contributed by atoms with van der Waals surface area (Å²) in [5.41, 5.74) is 0.0195. The van der Waals surface area contributed by atoms with Gasteiger partial charge in [0, 0.05) is 60.8 Å². The summed E-state index contributed by atoms with van der Waals surface area (Å²) in [6.45, 7) is 2.22. The predicted octanol–water partition coefficient (Wildman–Crippen LogP) is 5.50. The number of carbonyl (C=O) groups excluding carboxylic acids is 1. The summed E-state index contributed by atoms with van der Waals surface area (Å²) < 4.78 is 53.2. The lowest BCUT2D eigenvalue weighted by molar-refractivity contribution is -0.125. The molecule has 0 radical (unpaired) electrons. The molecule has 1 N–H and O–H groups in total. The minimum atomic E-state index is -1.39. The zero-order valence-corrected chi connectivity index (χ0v) is 27.8. The average Bonchev–Trinajstić information content (AvgIpc) is 3.74. The molecule has 4 fully saturated rings. The summed E-state index contributed by atoms with van der Waals surface area (Å²) in [5, 5.41) is 5.42. The van der Waals surface area contributed by atoms with Gasteiger partial charge in [-0.2, -0.15) is 9.97 Å². The normalized spacial score (nSPS) is 26.9. The Morgan fingerprint density at radius 3 is 2.80 bits per heavy atom. The summed E-state index contributed by atoms with van der Waals surface area (Å²) in [6.07, 6.45) is 5.47. The van der Waals surface area contributed by atoms with Gasteiger partial charge in [0.25, 0.3) is 0 Å². The van der Waals surface area contributed by atoms with E-state index in [1.165, 1.54) is 17.2 Å². The van der Waals surface area contributed by atoms with Crippen LogP contribution in [0.25, 0.3) is 32.9 Å². The fourth-order valence-corrected chi connectivity index (χ4v) is 8.19. The maximum absolute atomic E-state index is 16.8. The molecular weight excluding hydrogens is 655 g/mol. The van der Waals surface area contributed by atoms with Crippen molar-refractivity contribution in [2.24, 2.45) is 0 Å². The number of ether oxygens (including phenoxy) is 1. The van der Waals surface area contributed by atoms with Crippen molar-refractivity contribution in [3.63, 3.8) is 0 Å². The Kier molecular flexibility index (Phi) is 8.36. The molecule has 2 aromatic carbocycles. The van der Waals surface area contributed by atoms with Crippen LogP contribution < -0.4 is 15.0 Å². The third-order valence-corrected chi connectivity index (χ3v) is 11.0. The van der Waals surface area contributed by atoms with Crippen LogP contribution in [0.15, 0.2) is 54.7 Å². The standard InChI is InChI=1S/C36H37ClF3N7O2/c1-45(28-19-46(18-27(28)39)29(48)10-9-23-11-13-41-23)34-25-16-42-32(24-7-2-5-21-6-3-8-26(37)30(21)24)31(40)33(25)43-35(44-34)49-20-36-12-4-14-47(36)17-22(38)15-36/h2-3,5-10,16,22-23,27-28,41H,4,11-15,17-20H2,1H3/b10-9+/t22-,23-,27+,28+,36+/m1/s1. The van der Waals surface area contributed by atoms with Gasteiger partial charge >= 0.3 is 6.01 Å². The van der Waals surface area contributed by atoms with E-state index in [2.05, 4.69) is 25.2 Å². The number of pyridine rings is 1. The highest BCUT2D eigenvalue weighted by Gasteiger charge is 2.49. The average molecular weight is 692 g/mol. The van der Waals surface area contributed by atoms with E-state index in [4.69, 9.17) is 16.3 Å². The zero-order valence-electron chi connectivity index (χ0n) is 27.1. The van der Waals surface area contributed by atoms with Gasteiger partial charge in [-0.3, -0.25) is 14.7 Å². The topological polar surface area (TPSA) is 86.7 Å². The van der Waals surface area contributed by atoms with Crippen LogP contribution in [0.3, 0.4) is 0 Å². The van der Waals surface area contributed by atoms with Crippen molar-refractivity contribution in [2.45, 2.75) is 55.6 Å². The molecule has 4 aliphatic rings. The van der Waals surface area contributed by atoms with Crippen LogP contribution in [0.5, 0.6) is 6.01 Å². The predicted molar refractivity (Wildman–Crippen MR) is 183 cm³/mol. The second-order valence-electron chi connectivity index (χ2n) is 13.7. The molecular formula is C36H37ClF3N7O2. The quantitative estimate of drug-likeness (QED) is 0.243. The van der Waals surface area contributed by atoms with E-state index in [0.29, 0.717) is 28.9 Å². The molecule has 0 bridgehead atoms. The number of nitrogens with one attached hydrogen (secondary N) is 1. The number of fused-ring (bicyclic) bond motifs is 3. The number of hydrogen-bond acceptors (Lipinski definition) is 8. The van der Waals surface area contributed by atoms with Crippen molar-refractivity contribution < 1.29 is 22.7 Å². The molecule has 0 spiro atoms. The number of benzene rings is 2. The van der Waals surface area contributed by atoms with E-state index >= 15 is 8.78 Å². The summed E-state index contributed by atoms with van der Waals surface area (Å²) in [7, 11) is 1.67. The molecule has 4 aliphatic heterocycles. The Morgan fingerprint density at radius 2 is 2.00 bits per heavy atom. The first-order valence-corrected chi connectivity index (χ1v) is 17.2. The van der Waals surface area contributed by atoms with E-state index in [9.17, 15) is 9.18 Å². The SMILES string of the molecule is CN(c1nc(OC[C@@]23CCCN2C[C@H](F)C3)nc2c(F)c(-c3cccc4cccc(Cl)c34)ncc12)[C@H]1CN(C(=O)/C=C/[C@@H]2CCN2)C[C@@H]1F. The second-order valence-corrected chi connectivity index (χ2v) is 14.1. The lowest BCUT2D eigenvalue weighted by Crippen LogP contribution is -2.43. The van der Waals surface area contributed by atoms with Gasteiger partial charge < -0.3 is 19.9 Å². The van der Waals surface area contributed by atoms with E-state index in [1.54, 1.807) is 24.1 Å². The number of rotatable bonds is 8. The smallest absolute Gasteiger partial charge is 0.319 e.